The van der Waals surface area contributed by atoms with Gasteiger partial charge in [-0.3, -0.25) is 5.41 Å². The van der Waals surface area contributed by atoms with Crippen LogP contribution in [0.15, 0.2) is 12.1 Å². The SMILES string of the molecule is CC.CCn1c(=N)c(N2CCN(C)CC2)nc2cc(F)c(C)cc21. The molecule has 0 aliphatic carbocycles. The second kappa shape index (κ2) is 7.75. The number of halogens is 1. The van der Waals surface area contributed by atoms with Gasteiger partial charge in [0.1, 0.15) is 5.82 Å². The van der Waals surface area contributed by atoms with Crippen LogP contribution in [-0.2, 0) is 6.54 Å². The van der Waals surface area contributed by atoms with E-state index >= 15 is 0 Å². The summed E-state index contributed by atoms with van der Waals surface area (Å²) >= 11 is 0. The van der Waals surface area contributed by atoms with Crippen LogP contribution in [0, 0.1) is 18.2 Å². The molecule has 0 saturated carbocycles. The molecule has 132 valence electrons. The van der Waals surface area contributed by atoms with Crippen molar-refractivity contribution >= 4 is 16.9 Å². The van der Waals surface area contributed by atoms with Crippen LogP contribution < -0.4 is 10.4 Å². The van der Waals surface area contributed by atoms with Gasteiger partial charge in [0.15, 0.2) is 11.3 Å². The quantitative estimate of drug-likeness (QED) is 0.919. The first kappa shape index (κ1) is 18.4. The molecule has 0 radical (unpaired) electrons. The van der Waals surface area contributed by atoms with Gasteiger partial charge in [-0.2, -0.15) is 0 Å². The van der Waals surface area contributed by atoms with Crippen molar-refractivity contribution in [3.8, 4) is 0 Å². The molecule has 24 heavy (non-hydrogen) atoms. The second-order valence-corrected chi connectivity index (χ2v) is 5.91. The zero-order valence-electron chi connectivity index (χ0n) is 15.4. The van der Waals surface area contributed by atoms with Gasteiger partial charge in [0.05, 0.1) is 11.0 Å². The predicted octanol–water partition coefficient (Wildman–Crippen LogP) is 2.76. The maximum atomic E-state index is 13.9. The Kier molecular flexibility index (Phi) is 5.94. The van der Waals surface area contributed by atoms with E-state index in [1.165, 1.54) is 6.07 Å². The molecule has 1 fully saturated rings. The fourth-order valence-corrected chi connectivity index (χ4v) is 2.94. The molecule has 2 heterocycles. The van der Waals surface area contributed by atoms with Crippen LogP contribution in [0.1, 0.15) is 26.3 Å². The van der Waals surface area contributed by atoms with Gasteiger partial charge in [0, 0.05) is 38.8 Å². The van der Waals surface area contributed by atoms with Gasteiger partial charge in [-0.05, 0) is 32.5 Å². The summed E-state index contributed by atoms with van der Waals surface area (Å²) in [6, 6.07) is 3.27. The molecule has 6 heteroatoms. The molecule has 0 unspecified atom stereocenters. The average molecular weight is 333 g/mol. The van der Waals surface area contributed by atoms with E-state index in [4.69, 9.17) is 5.41 Å². The van der Waals surface area contributed by atoms with Gasteiger partial charge in [0.25, 0.3) is 0 Å². The van der Waals surface area contributed by atoms with Crippen molar-refractivity contribution in [3.05, 3.63) is 29.0 Å². The summed E-state index contributed by atoms with van der Waals surface area (Å²) in [5, 5.41) is 8.49. The van der Waals surface area contributed by atoms with Crippen molar-refractivity contribution in [1.29, 1.82) is 5.41 Å². The highest BCUT2D eigenvalue weighted by Gasteiger charge is 2.19. The number of rotatable bonds is 2. The van der Waals surface area contributed by atoms with Crippen molar-refractivity contribution < 1.29 is 4.39 Å². The molecule has 1 aliphatic rings. The number of nitrogens with zero attached hydrogens (tertiary/aromatic N) is 4. The summed E-state index contributed by atoms with van der Waals surface area (Å²) in [5.74, 6) is 0.412. The molecule has 0 amide bonds. The second-order valence-electron chi connectivity index (χ2n) is 5.91. The Morgan fingerprint density at radius 1 is 1.17 bits per heavy atom. The first-order valence-electron chi connectivity index (χ1n) is 8.70. The van der Waals surface area contributed by atoms with Gasteiger partial charge in [-0.15, -0.1) is 0 Å². The lowest BCUT2D eigenvalue weighted by Crippen LogP contribution is -2.47. The fourth-order valence-electron chi connectivity index (χ4n) is 2.94. The smallest absolute Gasteiger partial charge is 0.172 e. The minimum atomic E-state index is -0.246. The number of hydrogen-bond donors (Lipinski definition) is 1. The van der Waals surface area contributed by atoms with E-state index in [0.717, 1.165) is 31.7 Å². The summed E-state index contributed by atoms with van der Waals surface area (Å²) in [7, 11) is 2.09. The molecule has 1 N–H and O–H groups in total. The minimum Gasteiger partial charge on any atom is -0.351 e. The predicted molar refractivity (Wildman–Crippen MR) is 97.0 cm³/mol. The first-order chi connectivity index (χ1) is 11.5. The molecule has 1 aliphatic heterocycles. The Labute approximate surface area is 143 Å². The zero-order valence-corrected chi connectivity index (χ0v) is 15.4. The van der Waals surface area contributed by atoms with Crippen LogP contribution in [0.4, 0.5) is 10.2 Å². The Hall–Kier alpha value is -1.95. The molecule has 2 aromatic rings. The Bertz CT molecular complexity index is 760. The molecular weight excluding hydrogens is 305 g/mol. The third-order valence-corrected chi connectivity index (χ3v) is 4.37. The maximum Gasteiger partial charge on any atom is 0.172 e. The molecule has 0 bridgehead atoms. The van der Waals surface area contributed by atoms with Crippen molar-refractivity contribution in [1.82, 2.24) is 14.5 Å². The minimum absolute atomic E-state index is 0.246. The number of piperazine rings is 1. The third kappa shape index (κ3) is 3.43. The number of fused-ring (bicyclic) bond motifs is 1. The lowest BCUT2D eigenvalue weighted by atomic mass is 10.2. The Morgan fingerprint density at radius 2 is 1.79 bits per heavy atom. The lowest BCUT2D eigenvalue weighted by molar-refractivity contribution is 0.311. The summed E-state index contributed by atoms with van der Waals surface area (Å²) in [6.45, 7) is 12.0. The molecule has 0 atom stereocenters. The molecule has 1 aromatic carbocycles. The summed E-state index contributed by atoms with van der Waals surface area (Å²) < 4.78 is 15.8. The standard InChI is InChI=1S/C16H22FN5.C2H6/c1-4-22-14-9-11(2)12(17)10-13(14)19-16(15(22)18)21-7-5-20(3)6-8-21;1-2/h9-10,18H,4-8H2,1-3H3;1-2H3. The molecule has 5 nitrogen and oxygen atoms in total. The van der Waals surface area contributed by atoms with E-state index in [2.05, 4.69) is 21.8 Å². The van der Waals surface area contributed by atoms with Gasteiger partial charge >= 0.3 is 0 Å². The molecule has 0 spiro atoms. The van der Waals surface area contributed by atoms with Crippen molar-refractivity contribution in [2.45, 2.75) is 34.2 Å². The highest BCUT2D eigenvalue weighted by molar-refractivity contribution is 5.77. The van der Waals surface area contributed by atoms with Crippen LogP contribution in [-0.4, -0.2) is 47.7 Å². The van der Waals surface area contributed by atoms with Crippen LogP contribution >= 0.6 is 0 Å². The maximum absolute atomic E-state index is 13.9. The van der Waals surface area contributed by atoms with Gasteiger partial charge < -0.3 is 14.4 Å². The van der Waals surface area contributed by atoms with E-state index in [9.17, 15) is 4.39 Å². The summed E-state index contributed by atoms with van der Waals surface area (Å²) in [5.41, 5.74) is 2.44. The average Bonchev–Trinajstić information content (AvgIpc) is 2.59. The van der Waals surface area contributed by atoms with Crippen LogP contribution in [0.25, 0.3) is 11.0 Å². The van der Waals surface area contributed by atoms with E-state index in [0.29, 0.717) is 28.9 Å². The number of nitrogens with one attached hydrogen (secondary N) is 1. The highest BCUT2D eigenvalue weighted by atomic mass is 19.1. The van der Waals surface area contributed by atoms with E-state index in [-0.39, 0.29) is 5.82 Å². The van der Waals surface area contributed by atoms with Crippen molar-refractivity contribution in [2.75, 3.05) is 38.1 Å². The van der Waals surface area contributed by atoms with E-state index in [1.807, 2.05) is 25.3 Å². The zero-order chi connectivity index (χ0) is 17.9. The largest absolute Gasteiger partial charge is 0.351 e. The van der Waals surface area contributed by atoms with Gasteiger partial charge in [0.2, 0.25) is 0 Å². The molecule has 3 rings (SSSR count). The van der Waals surface area contributed by atoms with Crippen molar-refractivity contribution in [2.24, 2.45) is 0 Å². The van der Waals surface area contributed by atoms with Gasteiger partial charge in [-0.1, -0.05) is 13.8 Å². The third-order valence-electron chi connectivity index (χ3n) is 4.37. The van der Waals surface area contributed by atoms with Crippen molar-refractivity contribution in [3.63, 3.8) is 0 Å². The topological polar surface area (TPSA) is 48.2 Å². The number of aryl methyl sites for hydroxylation is 2. The lowest BCUT2D eigenvalue weighted by Gasteiger charge is -2.33. The van der Waals surface area contributed by atoms with Crippen LogP contribution in [0.2, 0.25) is 0 Å². The highest BCUT2D eigenvalue weighted by Crippen LogP contribution is 2.19. The normalized spacial score (nSPS) is 15.3. The summed E-state index contributed by atoms with van der Waals surface area (Å²) in [4.78, 5) is 8.99. The van der Waals surface area contributed by atoms with Crippen LogP contribution in [0.5, 0.6) is 0 Å². The van der Waals surface area contributed by atoms with Crippen LogP contribution in [0.3, 0.4) is 0 Å². The monoisotopic (exact) mass is 333 g/mol. The van der Waals surface area contributed by atoms with E-state index < -0.39 is 0 Å². The molecular formula is C18H28FN5. The number of anilines is 1. The number of benzene rings is 1. The summed E-state index contributed by atoms with van der Waals surface area (Å²) in [6.07, 6.45) is 0. The Balaban J connectivity index is 0.00000100. The molecule has 1 saturated heterocycles. The number of hydrogen-bond acceptors (Lipinski definition) is 4. The van der Waals surface area contributed by atoms with E-state index in [1.54, 1.807) is 13.0 Å². The Morgan fingerprint density at radius 3 is 2.38 bits per heavy atom. The molecule has 1 aromatic heterocycles. The first-order valence-corrected chi connectivity index (χ1v) is 8.70. The van der Waals surface area contributed by atoms with Gasteiger partial charge in [-0.25, -0.2) is 9.37 Å². The number of aromatic nitrogens is 2. The fraction of sp³-hybridized carbons (Fsp3) is 0.556. The number of likely N-dealkylation sites (N-methyl/N-ethyl adjacent to an activating group) is 1.